The zero-order chi connectivity index (χ0) is 22.1. The molecule has 1 aliphatic heterocycles. The molecule has 1 atom stereocenters. The van der Waals surface area contributed by atoms with Crippen LogP contribution in [0.5, 0.6) is 11.5 Å². The van der Waals surface area contributed by atoms with Gasteiger partial charge in [0.25, 0.3) is 0 Å². The van der Waals surface area contributed by atoms with Gasteiger partial charge in [-0.3, -0.25) is 9.48 Å². The van der Waals surface area contributed by atoms with Gasteiger partial charge in [-0.05, 0) is 42.8 Å². The maximum absolute atomic E-state index is 12.9. The summed E-state index contributed by atoms with van der Waals surface area (Å²) in [5.74, 6) is 1.30. The number of amides is 1. The summed E-state index contributed by atoms with van der Waals surface area (Å²) in [4.78, 5) is 12.9. The van der Waals surface area contributed by atoms with Crippen LogP contribution in [0.25, 0.3) is 22.2 Å². The highest BCUT2D eigenvalue weighted by molar-refractivity contribution is 6.31. The molecule has 1 aliphatic rings. The molecule has 162 valence electrons. The molecule has 0 saturated heterocycles. The van der Waals surface area contributed by atoms with E-state index in [2.05, 4.69) is 5.32 Å². The van der Waals surface area contributed by atoms with Crippen LogP contribution in [0.4, 0.5) is 0 Å². The lowest BCUT2D eigenvalue weighted by Gasteiger charge is -2.21. The first-order valence-corrected chi connectivity index (χ1v) is 10.9. The zero-order valence-corrected chi connectivity index (χ0v) is 18.3. The smallest absolute Gasteiger partial charge is 0.242 e. The Morgan fingerprint density at radius 2 is 1.84 bits per heavy atom. The van der Waals surface area contributed by atoms with E-state index in [0.29, 0.717) is 24.0 Å². The number of nitrogens with zero attached hydrogens (tertiary/aromatic N) is 2. The predicted octanol–water partition coefficient (Wildman–Crippen LogP) is 5.01. The Morgan fingerprint density at radius 1 is 1.06 bits per heavy atom. The number of aromatic nitrogens is 2. The van der Waals surface area contributed by atoms with Gasteiger partial charge in [-0.2, -0.15) is 5.10 Å². The maximum atomic E-state index is 12.9. The van der Waals surface area contributed by atoms with Crippen molar-refractivity contribution >= 4 is 28.4 Å². The van der Waals surface area contributed by atoms with Crippen molar-refractivity contribution in [3.8, 4) is 22.8 Å². The average molecular weight is 448 g/mol. The summed E-state index contributed by atoms with van der Waals surface area (Å²) in [6, 6.07) is 21.0. The number of hydrogen-bond acceptors (Lipinski definition) is 4. The van der Waals surface area contributed by atoms with E-state index in [-0.39, 0.29) is 18.5 Å². The van der Waals surface area contributed by atoms with Crippen molar-refractivity contribution in [1.82, 2.24) is 15.1 Å². The second kappa shape index (κ2) is 8.55. The van der Waals surface area contributed by atoms with Gasteiger partial charge in [0.1, 0.15) is 25.5 Å². The van der Waals surface area contributed by atoms with Crippen molar-refractivity contribution in [3.63, 3.8) is 0 Å². The molecule has 0 aliphatic carbocycles. The molecule has 0 spiro atoms. The fourth-order valence-electron chi connectivity index (χ4n) is 3.92. The Balaban J connectivity index is 1.38. The van der Waals surface area contributed by atoms with Crippen molar-refractivity contribution in [2.24, 2.45) is 0 Å². The highest BCUT2D eigenvalue weighted by Crippen LogP contribution is 2.33. The molecule has 0 unspecified atom stereocenters. The third kappa shape index (κ3) is 4.01. The molecule has 2 heterocycles. The fraction of sp³-hybridized carbons (Fsp3) is 0.200. The van der Waals surface area contributed by atoms with E-state index in [1.807, 2.05) is 73.7 Å². The predicted molar refractivity (Wildman–Crippen MR) is 124 cm³/mol. The number of rotatable bonds is 5. The van der Waals surface area contributed by atoms with E-state index < -0.39 is 0 Å². The van der Waals surface area contributed by atoms with Crippen LogP contribution in [-0.4, -0.2) is 28.9 Å². The largest absolute Gasteiger partial charge is 0.486 e. The number of nitrogens with one attached hydrogen (secondary N) is 1. The molecule has 32 heavy (non-hydrogen) atoms. The monoisotopic (exact) mass is 447 g/mol. The van der Waals surface area contributed by atoms with E-state index in [4.69, 9.17) is 26.2 Å². The molecule has 3 aromatic carbocycles. The summed E-state index contributed by atoms with van der Waals surface area (Å²) in [5.41, 5.74) is 3.58. The molecule has 6 nitrogen and oxygen atoms in total. The van der Waals surface area contributed by atoms with Gasteiger partial charge < -0.3 is 14.8 Å². The quantitative estimate of drug-likeness (QED) is 0.467. The Labute approximate surface area is 190 Å². The number of benzene rings is 3. The second-order valence-corrected chi connectivity index (χ2v) is 8.16. The van der Waals surface area contributed by atoms with Crippen molar-refractivity contribution in [1.29, 1.82) is 0 Å². The lowest BCUT2D eigenvalue weighted by Crippen LogP contribution is -2.30. The van der Waals surface area contributed by atoms with E-state index in [1.165, 1.54) is 0 Å². The Bertz CT molecular complexity index is 1290. The van der Waals surface area contributed by atoms with E-state index >= 15 is 0 Å². The highest BCUT2D eigenvalue weighted by Gasteiger charge is 2.18. The van der Waals surface area contributed by atoms with E-state index in [1.54, 1.807) is 4.68 Å². The summed E-state index contributed by atoms with van der Waals surface area (Å²) in [5, 5.41) is 9.34. The van der Waals surface area contributed by atoms with Crippen molar-refractivity contribution < 1.29 is 14.3 Å². The molecule has 0 saturated carbocycles. The first kappa shape index (κ1) is 20.4. The summed E-state index contributed by atoms with van der Waals surface area (Å²) in [6.07, 6.45) is 0. The number of hydrogen-bond donors (Lipinski definition) is 1. The van der Waals surface area contributed by atoms with Gasteiger partial charge in [-0.1, -0.05) is 48.0 Å². The molecule has 7 heteroatoms. The number of carbonyl (C=O) groups is 1. The van der Waals surface area contributed by atoms with Gasteiger partial charge in [-0.25, -0.2) is 0 Å². The normalized spacial score (nSPS) is 13.7. The molecule has 5 rings (SSSR count). The summed E-state index contributed by atoms with van der Waals surface area (Å²) in [6.45, 7) is 3.11. The SMILES string of the molecule is C[C@@H](NC(=O)Cn1nc(-c2ccccc2)c2cc(Cl)ccc21)c1ccc2c(c1)OCCO2. The van der Waals surface area contributed by atoms with Crippen LogP contribution in [-0.2, 0) is 11.3 Å². The average Bonchev–Trinajstić information content (AvgIpc) is 3.16. The molecule has 1 aromatic heterocycles. The van der Waals surface area contributed by atoms with Gasteiger partial charge >= 0.3 is 0 Å². The van der Waals surface area contributed by atoms with Crippen LogP contribution in [0.2, 0.25) is 5.02 Å². The van der Waals surface area contributed by atoms with Crippen LogP contribution < -0.4 is 14.8 Å². The number of fused-ring (bicyclic) bond motifs is 2. The third-order valence-corrected chi connectivity index (χ3v) is 5.73. The van der Waals surface area contributed by atoms with Crippen LogP contribution in [0.3, 0.4) is 0 Å². The van der Waals surface area contributed by atoms with Gasteiger partial charge in [0.2, 0.25) is 5.91 Å². The highest BCUT2D eigenvalue weighted by atomic mass is 35.5. The molecule has 1 amide bonds. The van der Waals surface area contributed by atoms with Gasteiger partial charge in [0.15, 0.2) is 11.5 Å². The van der Waals surface area contributed by atoms with Crippen molar-refractivity contribution in [2.45, 2.75) is 19.5 Å². The Hall–Kier alpha value is -3.51. The minimum absolute atomic E-state index is 0.0971. The van der Waals surface area contributed by atoms with Crippen LogP contribution in [0.15, 0.2) is 66.7 Å². The molecule has 1 N–H and O–H groups in total. The standard InChI is InChI=1S/C25H22ClN3O3/c1-16(18-7-10-22-23(13-18)32-12-11-31-22)27-24(30)15-29-21-9-8-19(26)14-20(21)25(28-29)17-5-3-2-4-6-17/h2-10,13-14,16H,11-12,15H2,1H3,(H,27,30)/t16-/m1/s1. The number of ether oxygens (including phenoxy) is 2. The molecule has 0 radical (unpaired) electrons. The lowest BCUT2D eigenvalue weighted by molar-refractivity contribution is -0.122. The molecular weight excluding hydrogens is 426 g/mol. The molecule has 0 fully saturated rings. The maximum Gasteiger partial charge on any atom is 0.242 e. The first-order chi connectivity index (χ1) is 15.6. The van der Waals surface area contributed by atoms with E-state index in [0.717, 1.165) is 33.5 Å². The summed E-state index contributed by atoms with van der Waals surface area (Å²) < 4.78 is 12.9. The van der Waals surface area contributed by atoms with Crippen molar-refractivity contribution in [2.75, 3.05) is 13.2 Å². The van der Waals surface area contributed by atoms with Crippen LogP contribution in [0.1, 0.15) is 18.5 Å². The number of halogens is 1. The topological polar surface area (TPSA) is 65.4 Å². The minimum atomic E-state index is -0.191. The minimum Gasteiger partial charge on any atom is -0.486 e. The first-order valence-electron chi connectivity index (χ1n) is 10.5. The molecular formula is C25H22ClN3O3. The number of carbonyl (C=O) groups excluding carboxylic acids is 1. The lowest BCUT2D eigenvalue weighted by atomic mass is 10.1. The van der Waals surface area contributed by atoms with Crippen molar-refractivity contribution in [3.05, 3.63) is 77.3 Å². The van der Waals surface area contributed by atoms with Gasteiger partial charge in [-0.15, -0.1) is 0 Å². The van der Waals surface area contributed by atoms with E-state index in [9.17, 15) is 4.79 Å². The second-order valence-electron chi connectivity index (χ2n) is 7.73. The molecule has 0 bridgehead atoms. The Morgan fingerprint density at radius 3 is 2.66 bits per heavy atom. The van der Waals surface area contributed by atoms with Crippen LogP contribution in [0, 0.1) is 0 Å². The van der Waals surface area contributed by atoms with Crippen LogP contribution >= 0.6 is 11.6 Å². The Kier molecular flexibility index (Phi) is 5.45. The van der Waals surface area contributed by atoms with Gasteiger partial charge in [0, 0.05) is 16.0 Å². The summed E-state index contributed by atoms with van der Waals surface area (Å²) >= 11 is 6.24. The fourth-order valence-corrected chi connectivity index (χ4v) is 4.09. The zero-order valence-electron chi connectivity index (χ0n) is 17.5. The third-order valence-electron chi connectivity index (χ3n) is 5.50. The van der Waals surface area contributed by atoms with Gasteiger partial charge in [0.05, 0.1) is 11.6 Å². The summed E-state index contributed by atoms with van der Waals surface area (Å²) in [7, 11) is 0. The molecule has 4 aromatic rings.